The van der Waals surface area contributed by atoms with Gasteiger partial charge in [0.25, 0.3) is 0 Å². The van der Waals surface area contributed by atoms with Crippen LogP contribution in [0.1, 0.15) is 5.56 Å². The standard InChI is InChI=1S/C16H13N5/c1-2-6-12(7-3-1)11-17-14-10-16-18-19-20-21(16)15-9-5-4-8-13(14)15/h1-10,17H,11H2. The summed E-state index contributed by atoms with van der Waals surface area (Å²) >= 11 is 0. The van der Waals surface area contributed by atoms with Gasteiger partial charge in [-0.25, -0.2) is 0 Å². The van der Waals surface area contributed by atoms with Crippen LogP contribution in [0.3, 0.4) is 0 Å². The van der Waals surface area contributed by atoms with Crippen molar-refractivity contribution in [1.29, 1.82) is 0 Å². The minimum atomic E-state index is 0.740. The molecule has 0 saturated heterocycles. The van der Waals surface area contributed by atoms with Crippen LogP contribution in [0.25, 0.3) is 16.6 Å². The predicted molar refractivity (Wildman–Crippen MR) is 82.1 cm³/mol. The zero-order valence-electron chi connectivity index (χ0n) is 11.3. The van der Waals surface area contributed by atoms with E-state index in [0.29, 0.717) is 0 Å². The van der Waals surface area contributed by atoms with Gasteiger partial charge in [0.05, 0.1) is 5.52 Å². The monoisotopic (exact) mass is 275 g/mol. The predicted octanol–water partition coefficient (Wildman–Crippen LogP) is 2.89. The molecule has 0 bridgehead atoms. The first-order valence-corrected chi connectivity index (χ1v) is 6.79. The Morgan fingerprint density at radius 2 is 1.76 bits per heavy atom. The minimum absolute atomic E-state index is 0.740. The molecule has 5 heteroatoms. The molecule has 0 aliphatic heterocycles. The van der Waals surface area contributed by atoms with Crippen LogP contribution in [0, 0.1) is 0 Å². The van der Waals surface area contributed by atoms with Gasteiger partial charge in [-0.3, -0.25) is 0 Å². The van der Waals surface area contributed by atoms with E-state index in [9.17, 15) is 0 Å². The first-order valence-electron chi connectivity index (χ1n) is 6.79. The van der Waals surface area contributed by atoms with E-state index in [4.69, 9.17) is 0 Å². The largest absolute Gasteiger partial charge is 0.380 e. The van der Waals surface area contributed by atoms with E-state index in [1.54, 1.807) is 4.52 Å². The number of anilines is 1. The lowest BCUT2D eigenvalue weighted by Gasteiger charge is -2.10. The molecule has 0 unspecified atom stereocenters. The molecule has 0 aliphatic rings. The highest BCUT2D eigenvalue weighted by atomic mass is 15.5. The van der Waals surface area contributed by atoms with Crippen LogP contribution >= 0.6 is 0 Å². The summed E-state index contributed by atoms with van der Waals surface area (Å²) < 4.78 is 1.75. The van der Waals surface area contributed by atoms with Gasteiger partial charge in [-0.15, -0.1) is 5.10 Å². The van der Waals surface area contributed by atoms with E-state index >= 15 is 0 Å². The quantitative estimate of drug-likeness (QED) is 0.624. The SMILES string of the molecule is c1ccc(CNc2cc3nnnn3c3ccccc23)cc1. The van der Waals surface area contributed by atoms with Crippen LogP contribution in [0.4, 0.5) is 5.69 Å². The van der Waals surface area contributed by atoms with Gasteiger partial charge in [-0.1, -0.05) is 48.5 Å². The van der Waals surface area contributed by atoms with Crippen molar-refractivity contribution in [2.24, 2.45) is 0 Å². The highest BCUT2D eigenvalue weighted by molar-refractivity contribution is 5.93. The molecule has 2 aromatic heterocycles. The van der Waals surface area contributed by atoms with Crippen LogP contribution < -0.4 is 5.32 Å². The fraction of sp³-hybridized carbons (Fsp3) is 0.0625. The van der Waals surface area contributed by atoms with Gasteiger partial charge >= 0.3 is 0 Å². The Morgan fingerprint density at radius 3 is 2.67 bits per heavy atom. The molecule has 21 heavy (non-hydrogen) atoms. The first-order chi connectivity index (χ1) is 10.4. The van der Waals surface area contributed by atoms with Crippen molar-refractivity contribution >= 4 is 22.2 Å². The summed E-state index contributed by atoms with van der Waals surface area (Å²) in [5.41, 5.74) is 4.01. The zero-order valence-corrected chi connectivity index (χ0v) is 11.3. The number of pyridine rings is 1. The summed E-state index contributed by atoms with van der Waals surface area (Å²) in [4.78, 5) is 0. The van der Waals surface area contributed by atoms with Crippen LogP contribution in [0.5, 0.6) is 0 Å². The summed E-state index contributed by atoms with van der Waals surface area (Å²) in [5, 5.41) is 16.4. The molecule has 0 saturated carbocycles. The molecule has 0 spiro atoms. The normalized spacial score (nSPS) is 11.0. The van der Waals surface area contributed by atoms with Crippen molar-refractivity contribution in [3.8, 4) is 0 Å². The molecule has 4 aromatic rings. The summed E-state index contributed by atoms with van der Waals surface area (Å²) in [6.45, 7) is 0.766. The maximum Gasteiger partial charge on any atom is 0.182 e. The Balaban J connectivity index is 1.79. The van der Waals surface area contributed by atoms with Gasteiger partial charge in [-0.05, 0) is 22.1 Å². The number of benzene rings is 2. The van der Waals surface area contributed by atoms with Crippen molar-refractivity contribution in [2.45, 2.75) is 6.54 Å². The molecule has 1 N–H and O–H groups in total. The van der Waals surface area contributed by atoms with E-state index in [0.717, 1.165) is 28.8 Å². The van der Waals surface area contributed by atoms with Crippen LogP contribution in [0.15, 0.2) is 60.7 Å². The number of aromatic nitrogens is 4. The minimum Gasteiger partial charge on any atom is -0.380 e. The van der Waals surface area contributed by atoms with Crippen molar-refractivity contribution in [3.05, 3.63) is 66.2 Å². The number of tetrazole rings is 1. The topological polar surface area (TPSA) is 55.1 Å². The smallest absolute Gasteiger partial charge is 0.182 e. The van der Waals surface area contributed by atoms with E-state index in [-0.39, 0.29) is 0 Å². The molecule has 0 atom stereocenters. The number of para-hydroxylation sites is 1. The fourth-order valence-electron chi connectivity index (χ4n) is 2.49. The second-order valence-corrected chi connectivity index (χ2v) is 4.86. The number of rotatable bonds is 3. The van der Waals surface area contributed by atoms with Crippen molar-refractivity contribution in [2.75, 3.05) is 5.32 Å². The number of fused-ring (bicyclic) bond motifs is 3. The van der Waals surface area contributed by atoms with Gasteiger partial charge in [0.15, 0.2) is 5.65 Å². The van der Waals surface area contributed by atoms with Gasteiger partial charge in [0.2, 0.25) is 0 Å². The number of nitrogens with one attached hydrogen (secondary N) is 1. The summed E-state index contributed by atoms with van der Waals surface area (Å²) in [7, 11) is 0. The second kappa shape index (κ2) is 4.86. The summed E-state index contributed by atoms with van der Waals surface area (Å²) in [6, 6.07) is 20.4. The Labute approximate surface area is 121 Å². The molecular weight excluding hydrogens is 262 g/mol. The second-order valence-electron chi connectivity index (χ2n) is 4.86. The van der Waals surface area contributed by atoms with E-state index in [1.807, 2.05) is 42.5 Å². The molecule has 0 radical (unpaired) electrons. The highest BCUT2D eigenvalue weighted by Crippen LogP contribution is 2.25. The Hall–Kier alpha value is -2.95. The molecule has 0 aliphatic carbocycles. The Morgan fingerprint density at radius 1 is 0.952 bits per heavy atom. The lowest BCUT2D eigenvalue weighted by molar-refractivity contribution is 0.841. The molecule has 102 valence electrons. The van der Waals surface area contributed by atoms with Gasteiger partial charge < -0.3 is 5.32 Å². The van der Waals surface area contributed by atoms with Crippen LogP contribution in [-0.4, -0.2) is 20.0 Å². The lowest BCUT2D eigenvalue weighted by Crippen LogP contribution is -2.02. The molecule has 0 amide bonds. The van der Waals surface area contributed by atoms with E-state index in [2.05, 4.69) is 39.0 Å². The van der Waals surface area contributed by atoms with Gasteiger partial charge in [0.1, 0.15) is 0 Å². The molecule has 2 aromatic carbocycles. The van der Waals surface area contributed by atoms with Gasteiger partial charge in [-0.2, -0.15) is 4.52 Å². The molecule has 0 fully saturated rings. The van der Waals surface area contributed by atoms with Crippen LogP contribution in [-0.2, 0) is 6.54 Å². The maximum absolute atomic E-state index is 4.05. The Bertz CT molecular complexity index is 898. The number of hydrogen-bond acceptors (Lipinski definition) is 4. The Kier molecular flexibility index (Phi) is 2.74. The zero-order chi connectivity index (χ0) is 14.1. The third-order valence-corrected chi connectivity index (χ3v) is 3.52. The lowest BCUT2D eigenvalue weighted by atomic mass is 10.1. The molecule has 5 nitrogen and oxygen atoms in total. The van der Waals surface area contributed by atoms with E-state index in [1.165, 1.54) is 5.56 Å². The van der Waals surface area contributed by atoms with Crippen molar-refractivity contribution in [1.82, 2.24) is 20.0 Å². The summed E-state index contributed by atoms with van der Waals surface area (Å²) in [6.07, 6.45) is 0. The number of hydrogen-bond donors (Lipinski definition) is 1. The van der Waals surface area contributed by atoms with Crippen molar-refractivity contribution in [3.63, 3.8) is 0 Å². The first kappa shape index (κ1) is 11.8. The fourth-order valence-corrected chi connectivity index (χ4v) is 2.49. The van der Waals surface area contributed by atoms with Crippen LogP contribution in [0.2, 0.25) is 0 Å². The molecular formula is C16H13N5. The highest BCUT2D eigenvalue weighted by Gasteiger charge is 2.08. The van der Waals surface area contributed by atoms with Gasteiger partial charge in [0, 0.05) is 23.7 Å². The average molecular weight is 275 g/mol. The third-order valence-electron chi connectivity index (χ3n) is 3.52. The summed E-state index contributed by atoms with van der Waals surface area (Å²) in [5.74, 6) is 0. The van der Waals surface area contributed by atoms with E-state index < -0.39 is 0 Å². The van der Waals surface area contributed by atoms with Crippen molar-refractivity contribution < 1.29 is 0 Å². The molecule has 2 heterocycles. The average Bonchev–Trinajstić information content (AvgIpc) is 3.02. The molecule has 4 rings (SSSR count). The maximum atomic E-state index is 4.05. The third kappa shape index (κ3) is 2.08. The number of nitrogens with zero attached hydrogens (tertiary/aromatic N) is 4.